The van der Waals surface area contributed by atoms with Gasteiger partial charge in [-0.2, -0.15) is 0 Å². The lowest BCUT2D eigenvalue weighted by atomic mass is 9.82. The van der Waals surface area contributed by atoms with Gasteiger partial charge in [-0.05, 0) is 10.8 Å². The van der Waals surface area contributed by atoms with Crippen molar-refractivity contribution in [1.29, 1.82) is 0 Å². The SMILES string of the molecule is CC(C)(C)[C@H](Br)C(=O)[C@@H](Br)C(C)(C)C. The van der Waals surface area contributed by atoms with Crippen LogP contribution in [0.25, 0.3) is 0 Å². The predicted molar refractivity (Wildman–Crippen MR) is 69.3 cm³/mol. The fourth-order valence-electron chi connectivity index (χ4n) is 0.982. The van der Waals surface area contributed by atoms with Crippen molar-refractivity contribution < 1.29 is 4.79 Å². The smallest absolute Gasteiger partial charge is 0.161 e. The van der Waals surface area contributed by atoms with Gasteiger partial charge < -0.3 is 0 Å². The number of Topliss-reactive ketones (excluding diaryl/α,β-unsaturated/α-hetero) is 1. The molecule has 0 aromatic rings. The Morgan fingerprint density at radius 1 is 0.857 bits per heavy atom. The second-order valence-electron chi connectivity index (χ2n) is 5.86. The van der Waals surface area contributed by atoms with Crippen molar-refractivity contribution in [3.05, 3.63) is 0 Å². The molecule has 14 heavy (non-hydrogen) atoms. The maximum Gasteiger partial charge on any atom is 0.161 e. The molecule has 0 rings (SSSR count). The van der Waals surface area contributed by atoms with Crippen molar-refractivity contribution in [2.75, 3.05) is 0 Å². The van der Waals surface area contributed by atoms with E-state index in [1.807, 2.05) is 0 Å². The van der Waals surface area contributed by atoms with E-state index in [0.717, 1.165) is 0 Å². The van der Waals surface area contributed by atoms with Gasteiger partial charge in [-0.15, -0.1) is 0 Å². The van der Waals surface area contributed by atoms with Crippen LogP contribution in [0.5, 0.6) is 0 Å². The topological polar surface area (TPSA) is 17.1 Å². The van der Waals surface area contributed by atoms with E-state index in [1.165, 1.54) is 0 Å². The Bertz CT molecular complexity index is 188. The van der Waals surface area contributed by atoms with Crippen molar-refractivity contribution in [3.8, 4) is 0 Å². The summed E-state index contributed by atoms with van der Waals surface area (Å²) in [5.74, 6) is 0.227. The number of halogens is 2. The van der Waals surface area contributed by atoms with Crippen LogP contribution in [0.4, 0.5) is 0 Å². The fourth-order valence-corrected chi connectivity index (χ4v) is 1.87. The fraction of sp³-hybridized carbons (Fsp3) is 0.909. The molecule has 0 bridgehead atoms. The van der Waals surface area contributed by atoms with Crippen LogP contribution in [0.2, 0.25) is 0 Å². The quantitative estimate of drug-likeness (QED) is 0.695. The van der Waals surface area contributed by atoms with Gasteiger partial charge in [0.25, 0.3) is 0 Å². The van der Waals surface area contributed by atoms with E-state index in [-0.39, 0.29) is 26.3 Å². The molecule has 1 nitrogen and oxygen atoms in total. The van der Waals surface area contributed by atoms with Gasteiger partial charge in [0, 0.05) is 0 Å². The van der Waals surface area contributed by atoms with E-state index in [9.17, 15) is 4.79 Å². The van der Waals surface area contributed by atoms with Crippen LogP contribution >= 0.6 is 31.9 Å². The number of carbonyl (C=O) groups excluding carboxylic acids is 1. The summed E-state index contributed by atoms with van der Waals surface area (Å²) in [6.07, 6.45) is 0. The van der Waals surface area contributed by atoms with Gasteiger partial charge >= 0.3 is 0 Å². The van der Waals surface area contributed by atoms with Crippen molar-refractivity contribution in [2.45, 2.75) is 51.2 Å². The molecule has 2 atom stereocenters. The van der Waals surface area contributed by atoms with E-state index in [2.05, 4.69) is 73.4 Å². The molecule has 0 saturated heterocycles. The maximum atomic E-state index is 12.0. The molecule has 0 aliphatic carbocycles. The van der Waals surface area contributed by atoms with E-state index in [0.29, 0.717) is 0 Å². The first-order chi connectivity index (χ1) is 5.98. The summed E-state index contributed by atoms with van der Waals surface area (Å²) in [5.41, 5.74) is -0.0668. The molecule has 0 aromatic heterocycles. The van der Waals surface area contributed by atoms with Crippen LogP contribution < -0.4 is 0 Å². The zero-order valence-corrected chi connectivity index (χ0v) is 13.0. The molecule has 0 N–H and O–H groups in total. The van der Waals surface area contributed by atoms with Gasteiger partial charge in [0.2, 0.25) is 0 Å². The number of hydrogen-bond donors (Lipinski definition) is 0. The highest BCUT2D eigenvalue weighted by Gasteiger charge is 2.37. The average molecular weight is 328 g/mol. The number of alkyl halides is 2. The molecule has 0 aliphatic heterocycles. The lowest BCUT2D eigenvalue weighted by Gasteiger charge is -2.31. The summed E-state index contributed by atoms with van der Waals surface area (Å²) >= 11 is 6.95. The number of carbonyl (C=O) groups is 1. The molecule has 0 aromatic carbocycles. The van der Waals surface area contributed by atoms with Crippen LogP contribution in [0, 0.1) is 10.8 Å². The van der Waals surface area contributed by atoms with Crippen LogP contribution in [0.1, 0.15) is 41.5 Å². The zero-order chi connectivity index (χ0) is 11.7. The Balaban J connectivity index is 4.65. The minimum Gasteiger partial charge on any atom is -0.297 e. The van der Waals surface area contributed by atoms with Gasteiger partial charge in [0.05, 0.1) is 9.65 Å². The highest BCUT2D eigenvalue weighted by Crippen LogP contribution is 2.34. The van der Waals surface area contributed by atoms with Crippen LogP contribution in [0.15, 0.2) is 0 Å². The van der Waals surface area contributed by atoms with Crippen molar-refractivity contribution in [1.82, 2.24) is 0 Å². The maximum absolute atomic E-state index is 12.0. The first kappa shape index (κ1) is 14.6. The van der Waals surface area contributed by atoms with Gasteiger partial charge in [-0.1, -0.05) is 73.4 Å². The normalized spacial score (nSPS) is 17.7. The van der Waals surface area contributed by atoms with Crippen LogP contribution in [-0.4, -0.2) is 15.4 Å². The lowest BCUT2D eigenvalue weighted by Crippen LogP contribution is -2.39. The van der Waals surface area contributed by atoms with Crippen LogP contribution in [0.3, 0.4) is 0 Å². The molecular formula is C11H20Br2O. The molecular weight excluding hydrogens is 308 g/mol. The molecule has 0 heterocycles. The van der Waals surface area contributed by atoms with Gasteiger partial charge in [0.1, 0.15) is 0 Å². The molecule has 0 amide bonds. The molecule has 0 saturated carbocycles. The van der Waals surface area contributed by atoms with Gasteiger partial charge in [0.15, 0.2) is 5.78 Å². The zero-order valence-electron chi connectivity index (χ0n) is 9.82. The monoisotopic (exact) mass is 326 g/mol. The highest BCUT2D eigenvalue weighted by molar-refractivity contribution is 9.10. The number of ketones is 1. The van der Waals surface area contributed by atoms with Crippen LogP contribution in [-0.2, 0) is 4.79 Å². The Morgan fingerprint density at radius 3 is 1.21 bits per heavy atom. The predicted octanol–water partition coefficient (Wildman–Crippen LogP) is 4.17. The molecule has 0 spiro atoms. The Hall–Kier alpha value is 0.630. The lowest BCUT2D eigenvalue weighted by molar-refractivity contribution is -0.120. The Morgan fingerprint density at radius 2 is 1.07 bits per heavy atom. The van der Waals surface area contributed by atoms with E-state index < -0.39 is 0 Å². The minimum atomic E-state index is -0.0985. The third-order valence-electron chi connectivity index (χ3n) is 2.02. The molecule has 3 heteroatoms. The first-order valence-electron chi connectivity index (χ1n) is 4.80. The molecule has 0 fully saturated rings. The van der Waals surface area contributed by atoms with Crippen molar-refractivity contribution in [3.63, 3.8) is 0 Å². The van der Waals surface area contributed by atoms with E-state index in [4.69, 9.17) is 0 Å². The summed E-state index contributed by atoms with van der Waals surface area (Å²) in [6.45, 7) is 12.4. The van der Waals surface area contributed by atoms with E-state index >= 15 is 0 Å². The highest BCUT2D eigenvalue weighted by atomic mass is 79.9. The molecule has 84 valence electrons. The number of rotatable bonds is 2. The third kappa shape index (κ3) is 4.01. The molecule has 0 radical (unpaired) electrons. The Labute approximate surface area is 104 Å². The summed E-state index contributed by atoms with van der Waals surface area (Å²) in [5, 5.41) is 0. The minimum absolute atomic E-state index is 0.0334. The molecule has 0 unspecified atom stereocenters. The second-order valence-corrected chi connectivity index (χ2v) is 7.69. The van der Waals surface area contributed by atoms with Gasteiger partial charge in [-0.3, -0.25) is 4.79 Å². The molecule has 0 aliphatic rings. The average Bonchev–Trinajstić information content (AvgIpc) is 1.97. The first-order valence-corrected chi connectivity index (χ1v) is 6.63. The number of hydrogen-bond acceptors (Lipinski definition) is 1. The second kappa shape index (κ2) is 4.65. The third-order valence-corrected chi connectivity index (χ3v) is 5.67. The standard InChI is InChI=1S/C11H20Br2O/c1-10(2,3)8(12)7(14)9(13)11(4,5)6/h8-9H,1-6H3/t8-,9-/m1/s1. The van der Waals surface area contributed by atoms with Crippen molar-refractivity contribution >= 4 is 37.6 Å². The summed E-state index contributed by atoms with van der Waals surface area (Å²) in [4.78, 5) is 11.8. The van der Waals surface area contributed by atoms with E-state index in [1.54, 1.807) is 0 Å². The van der Waals surface area contributed by atoms with Gasteiger partial charge in [-0.25, -0.2) is 0 Å². The largest absolute Gasteiger partial charge is 0.297 e. The Kier molecular flexibility index (Phi) is 4.86. The summed E-state index contributed by atoms with van der Waals surface area (Å²) in [7, 11) is 0. The summed E-state index contributed by atoms with van der Waals surface area (Å²) in [6, 6.07) is 0. The summed E-state index contributed by atoms with van der Waals surface area (Å²) < 4.78 is 0. The van der Waals surface area contributed by atoms with Crippen molar-refractivity contribution in [2.24, 2.45) is 10.8 Å².